The lowest BCUT2D eigenvalue weighted by Crippen LogP contribution is -2.35. The van der Waals surface area contributed by atoms with Gasteiger partial charge in [0.1, 0.15) is 11.5 Å². The molecule has 0 spiro atoms. The van der Waals surface area contributed by atoms with Crippen molar-refractivity contribution in [2.45, 2.75) is 6.54 Å². The van der Waals surface area contributed by atoms with E-state index in [1.54, 1.807) is 42.5 Å². The summed E-state index contributed by atoms with van der Waals surface area (Å²) in [6.07, 6.45) is 0. The number of carbonyl (C=O) groups excluding carboxylic acids is 2. The van der Waals surface area contributed by atoms with Crippen molar-refractivity contribution in [1.29, 1.82) is 0 Å². The van der Waals surface area contributed by atoms with Crippen LogP contribution in [-0.2, 0) is 16.1 Å². The number of hydrogen-bond donors (Lipinski definition) is 2. The Kier molecular flexibility index (Phi) is 6.07. The van der Waals surface area contributed by atoms with Gasteiger partial charge in [-0.2, -0.15) is 0 Å². The first-order valence-corrected chi connectivity index (χ1v) is 8.65. The Morgan fingerprint density at radius 1 is 0.778 bits per heavy atom. The van der Waals surface area contributed by atoms with Crippen LogP contribution in [0.15, 0.2) is 78.9 Å². The van der Waals surface area contributed by atoms with Crippen LogP contribution in [0.2, 0.25) is 5.02 Å². The van der Waals surface area contributed by atoms with Crippen LogP contribution in [0.5, 0.6) is 11.5 Å². The molecule has 2 N–H and O–H groups in total. The standard InChI is InChI=1S/C21H17ClN2O3/c22-19-9-5-4-6-15(19)14-23-20(25)21(26)24-16-10-12-18(13-11-16)27-17-7-2-1-3-8-17/h1-13H,14H2,(H,23,25)(H,24,26). The summed E-state index contributed by atoms with van der Waals surface area (Å²) in [7, 11) is 0. The molecule has 2 amide bonds. The molecule has 0 heterocycles. The molecule has 3 rings (SSSR count). The summed E-state index contributed by atoms with van der Waals surface area (Å²) in [5, 5.41) is 5.62. The molecule has 6 heteroatoms. The number of benzene rings is 3. The molecule has 0 saturated heterocycles. The third-order valence-electron chi connectivity index (χ3n) is 3.69. The summed E-state index contributed by atoms with van der Waals surface area (Å²) in [5.41, 5.74) is 1.23. The number of rotatable bonds is 5. The lowest BCUT2D eigenvalue weighted by atomic mass is 10.2. The van der Waals surface area contributed by atoms with Gasteiger partial charge in [-0.1, -0.05) is 48.0 Å². The van der Waals surface area contributed by atoms with E-state index in [2.05, 4.69) is 10.6 Å². The Balaban J connectivity index is 1.52. The average molecular weight is 381 g/mol. The second kappa shape index (κ2) is 8.87. The van der Waals surface area contributed by atoms with Gasteiger partial charge in [0.05, 0.1) is 0 Å². The van der Waals surface area contributed by atoms with Gasteiger partial charge in [0, 0.05) is 17.3 Å². The minimum absolute atomic E-state index is 0.176. The van der Waals surface area contributed by atoms with Gasteiger partial charge in [0.25, 0.3) is 0 Å². The summed E-state index contributed by atoms with van der Waals surface area (Å²) in [6.45, 7) is 0.176. The lowest BCUT2D eigenvalue weighted by Gasteiger charge is -2.09. The van der Waals surface area contributed by atoms with Crippen molar-refractivity contribution in [1.82, 2.24) is 5.32 Å². The predicted octanol–water partition coefficient (Wildman–Crippen LogP) is 4.39. The number of para-hydroxylation sites is 1. The molecule has 0 saturated carbocycles. The number of hydrogen-bond acceptors (Lipinski definition) is 3. The highest BCUT2D eigenvalue weighted by Crippen LogP contribution is 2.22. The van der Waals surface area contributed by atoms with Crippen molar-refractivity contribution < 1.29 is 14.3 Å². The van der Waals surface area contributed by atoms with Crippen LogP contribution in [-0.4, -0.2) is 11.8 Å². The maximum Gasteiger partial charge on any atom is 0.313 e. The van der Waals surface area contributed by atoms with Gasteiger partial charge in [0.2, 0.25) is 0 Å². The molecule has 136 valence electrons. The average Bonchev–Trinajstić information content (AvgIpc) is 2.69. The van der Waals surface area contributed by atoms with Crippen LogP contribution in [0.4, 0.5) is 5.69 Å². The minimum Gasteiger partial charge on any atom is -0.457 e. The predicted molar refractivity (Wildman–Crippen MR) is 105 cm³/mol. The molecule has 5 nitrogen and oxygen atoms in total. The second-order valence-electron chi connectivity index (χ2n) is 5.67. The Hall–Kier alpha value is -3.31. The van der Waals surface area contributed by atoms with E-state index in [1.807, 2.05) is 36.4 Å². The van der Waals surface area contributed by atoms with Crippen molar-refractivity contribution in [3.05, 3.63) is 89.4 Å². The zero-order chi connectivity index (χ0) is 19.1. The maximum atomic E-state index is 12.0. The van der Waals surface area contributed by atoms with Crippen molar-refractivity contribution in [2.24, 2.45) is 0 Å². The highest BCUT2D eigenvalue weighted by Gasteiger charge is 2.14. The molecule has 0 fully saturated rings. The third-order valence-corrected chi connectivity index (χ3v) is 4.06. The molecule has 0 bridgehead atoms. The number of halogens is 1. The Bertz CT molecular complexity index is 928. The number of nitrogens with one attached hydrogen (secondary N) is 2. The van der Waals surface area contributed by atoms with Gasteiger partial charge < -0.3 is 15.4 Å². The van der Waals surface area contributed by atoms with Gasteiger partial charge in [-0.25, -0.2) is 0 Å². The smallest absolute Gasteiger partial charge is 0.313 e. The Morgan fingerprint density at radius 3 is 2.11 bits per heavy atom. The topological polar surface area (TPSA) is 67.4 Å². The molecule has 0 radical (unpaired) electrons. The molecule has 0 atom stereocenters. The largest absolute Gasteiger partial charge is 0.457 e. The first kappa shape index (κ1) is 18.5. The summed E-state index contributed by atoms with van der Waals surface area (Å²) < 4.78 is 5.68. The Morgan fingerprint density at radius 2 is 1.41 bits per heavy atom. The van der Waals surface area contributed by atoms with Crippen LogP contribution >= 0.6 is 11.6 Å². The van der Waals surface area contributed by atoms with Crippen molar-refractivity contribution >= 4 is 29.1 Å². The fourth-order valence-electron chi connectivity index (χ4n) is 2.32. The summed E-state index contributed by atoms with van der Waals surface area (Å²) in [5.74, 6) is -0.145. The van der Waals surface area contributed by atoms with Gasteiger partial charge in [-0.3, -0.25) is 9.59 Å². The SMILES string of the molecule is O=C(NCc1ccccc1Cl)C(=O)Nc1ccc(Oc2ccccc2)cc1. The monoisotopic (exact) mass is 380 g/mol. The second-order valence-corrected chi connectivity index (χ2v) is 6.07. The van der Waals surface area contributed by atoms with E-state index in [0.29, 0.717) is 22.2 Å². The van der Waals surface area contributed by atoms with Gasteiger partial charge >= 0.3 is 11.8 Å². The summed E-state index contributed by atoms with van der Waals surface area (Å²) >= 11 is 6.03. The molecule has 27 heavy (non-hydrogen) atoms. The molecule has 0 unspecified atom stereocenters. The van der Waals surface area contributed by atoms with Crippen LogP contribution in [0, 0.1) is 0 Å². The van der Waals surface area contributed by atoms with Crippen LogP contribution < -0.4 is 15.4 Å². The highest BCUT2D eigenvalue weighted by atomic mass is 35.5. The van der Waals surface area contributed by atoms with Crippen molar-refractivity contribution in [3.63, 3.8) is 0 Å². The van der Waals surface area contributed by atoms with Crippen LogP contribution in [0.3, 0.4) is 0 Å². The third kappa shape index (κ3) is 5.33. The van der Waals surface area contributed by atoms with E-state index in [0.717, 1.165) is 5.56 Å². The van der Waals surface area contributed by atoms with E-state index < -0.39 is 11.8 Å². The fraction of sp³-hybridized carbons (Fsp3) is 0.0476. The number of carbonyl (C=O) groups is 2. The lowest BCUT2D eigenvalue weighted by molar-refractivity contribution is -0.136. The normalized spacial score (nSPS) is 10.1. The molecule has 3 aromatic rings. The number of ether oxygens (including phenoxy) is 1. The summed E-state index contributed by atoms with van der Waals surface area (Å²) in [6, 6.07) is 23.2. The quantitative estimate of drug-likeness (QED) is 0.645. The molecule has 3 aromatic carbocycles. The maximum absolute atomic E-state index is 12.0. The van der Waals surface area contributed by atoms with E-state index >= 15 is 0 Å². The molecule has 0 aliphatic carbocycles. The minimum atomic E-state index is -0.751. The van der Waals surface area contributed by atoms with E-state index in [-0.39, 0.29) is 6.54 Å². The Labute approximate surface area is 161 Å². The summed E-state index contributed by atoms with van der Waals surface area (Å²) in [4.78, 5) is 24.0. The fourth-order valence-corrected chi connectivity index (χ4v) is 2.52. The van der Waals surface area contributed by atoms with E-state index in [1.165, 1.54) is 0 Å². The van der Waals surface area contributed by atoms with Crippen molar-refractivity contribution in [2.75, 3.05) is 5.32 Å². The van der Waals surface area contributed by atoms with E-state index in [4.69, 9.17) is 16.3 Å². The van der Waals surface area contributed by atoms with Crippen LogP contribution in [0.25, 0.3) is 0 Å². The molecular formula is C21H17ClN2O3. The molecule has 0 aromatic heterocycles. The van der Waals surface area contributed by atoms with Gasteiger partial charge in [-0.15, -0.1) is 0 Å². The van der Waals surface area contributed by atoms with E-state index in [9.17, 15) is 9.59 Å². The molecular weight excluding hydrogens is 364 g/mol. The van der Waals surface area contributed by atoms with Crippen LogP contribution in [0.1, 0.15) is 5.56 Å². The zero-order valence-electron chi connectivity index (χ0n) is 14.3. The molecule has 0 aliphatic rings. The molecule has 0 aliphatic heterocycles. The first-order chi connectivity index (χ1) is 13.1. The van der Waals surface area contributed by atoms with Crippen molar-refractivity contribution in [3.8, 4) is 11.5 Å². The number of anilines is 1. The van der Waals surface area contributed by atoms with Gasteiger partial charge in [-0.05, 0) is 48.0 Å². The number of amides is 2. The highest BCUT2D eigenvalue weighted by molar-refractivity contribution is 6.39. The zero-order valence-corrected chi connectivity index (χ0v) is 15.1. The van der Waals surface area contributed by atoms with Gasteiger partial charge in [0.15, 0.2) is 0 Å². The first-order valence-electron chi connectivity index (χ1n) is 8.27.